The Kier molecular flexibility index (Phi) is 3.18. The summed E-state index contributed by atoms with van der Waals surface area (Å²) in [7, 11) is 0. The molecular weight excluding hydrogens is 252 g/mol. The molecule has 1 atom stereocenters. The van der Waals surface area contributed by atoms with Crippen LogP contribution < -0.4 is 4.74 Å². The van der Waals surface area contributed by atoms with Crippen LogP contribution in [0.5, 0.6) is 11.5 Å². The van der Waals surface area contributed by atoms with Crippen molar-refractivity contribution in [3.63, 3.8) is 0 Å². The smallest absolute Gasteiger partial charge is 0.131 e. The lowest BCUT2D eigenvalue weighted by Gasteiger charge is -2.09. The molecule has 0 spiro atoms. The molecule has 0 saturated heterocycles. The van der Waals surface area contributed by atoms with E-state index in [0.717, 1.165) is 40.7 Å². The maximum atomic E-state index is 11.4. The van der Waals surface area contributed by atoms with Gasteiger partial charge in [0.05, 0.1) is 12.5 Å². The highest BCUT2D eigenvalue weighted by molar-refractivity contribution is 5.90. The van der Waals surface area contributed by atoms with Gasteiger partial charge >= 0.3 is 0 Å². The summed E-state index contributed by atoms with van der Waals surface area (Å²) in [6.07, 6.45) is 1.86. The molecular formula is C17H16O3. The van der Waals surface area contributed by atoms with Crippen molar-refractivity contribution >= 4 is 6.29 Å². The highest BCUT2D eigenvalue weighted by Crippen LogP contribution is 2.48. The summed E-state index contributed by atoms with van der Waals surface area (Å²) in [5.74, 6) is 0.664. The van der Waals surface area contributed by atoms with Crippen LogP contribution in [0.4, 0.5) is 0 Å². The number of hydrogen-bond acceptors (Lipinski definition) is 3. The molecule has 3 rings (SSSR count). The average molecular weight is 268 g/mol. The quantitative estimate of drug-likeness (QED) is 0.863. The molecule has 1 unspecified atom stereocenters. The first-order valence-corrected chi connectivity index (χ1v) is 6.80. The molecule has 0 amide bonds. The van der Waals surface area contributed by atoms with Crippen LogP contribution in [0.3, 0.4) is 0 Å². The van der Waals surface area contributed by atoms with E-state index in [9.17, 15) is 9.90 Å². The van der Waals surface area contributed by atoms with Gasteiger partial charge in [-0.3, -0.25) is 0 Å². The summed E-state index contributed by atoms with van der Waals surface area (Å²) in [6.45, 7) is 2.71. The van der Waals surface area contributed by atoms with Crippen LogP contribution in [0.1, 0.15) is 30.4 Å². The molecule has 0 fully saturated rings. The normalized spacial score (nSPS) is 15.6. The van der Waals surface area contributed by atoms with Crippen LogP contribution >= 0.6 is 0 Å². The number of carbonyl (C=O) groups excluding carboxylic acids is 1. The van der Waals surface area contributed by atoms with Crippen molar-refractivity contribution < 1.29 is 14.6 Å². The first kappa shape index (κ1) is 12.7. The van der Waals surface area contributed by atoms with Crippen molar-refractivity contribution in [2.75, 3.05) is 6.61 Å². The monoisotopic (exact) mass is 268 g/mol. The van der Waals surface area contributed by atoms with Gasteiger partial charge in [-0.1, -0.05) is 25.1 Å². The fourth-order valence-electron chi connectivity index (χ4n) is 2.76. The van der Waals surface area contributed by atoms with E-state index in [2.05, 4.69) is 6.92 Å². The average Bonchev–Trinajstić information content (AvgIpc) is 2.79. The molecule has 0 aliphatic heterocycles. The van der Waals surface area contributed by atoms with Crippen molar-refractivity contribution in [3.8, 4) is 22.6 Å². The zero-order valence-electron chi connectivity index (χ0n) is 11.3. The molecule has 1 aliphatic rings. The standard InChI is InChI=1S/C17H16O3/c1-2-8-20-11-6-7-13-14(9-11)15(10-18)12-4-3-5-16(19)17(12)13/h3-7,9-10,15,19H,2,8H2,1H3. The van der Waals surface area contributed by atoms with Crippen molar-refractivity contribution in [1.82, 2.24) is 0 Å². The number of hydrogen-bond donors (Lipinski definition) is 1. The Morgan fingerprint density at radius 3 is 2.85 bits per heavy atom. The number of aromatic hydroxyl groups is 1. The molecule has 2 aromatic carbocycles. The van der Waals surface area contributed by atoms with Crippen LogP contribution in [0.2, 0.25) is 0 Å². The number of rotatable bonds is 4. The van der Waals surface area contributed by atoms with Gasteiger partial charge in [-0.25, -0.2) is 0 Å². The molecule has 102 valence electrons. The number of benzene rings is 2. The van der Waals surface area contributed by atoms with Gasteiger partial charge in [-0.2, -0.15) is 0 Å². The number of aldehydes is 1. The van der Waals surface area contributed by atoms with Gasteiger partial charge in [0.1, 0.15) is 17.8 Å². The van der Waals surface area contributed by atoms with Crippen LogP contribution in [0.25, 0.3) is 11.1 Å². The zero-order valence-corrected chi connectivity index (χ0v) is 11.3. The number of ether oxygens (including phenoxy) is 1. The van der Waals surface area contributed by atoms with Gasteiger partial charge < -0.3 is 14.6 Å². The molecule has 0 saturated carbocycles. The molecule has 3 heteroatoms. The Hall–Kier alpha value is -2.29. The summed E-state index contributed by atoms with van der Waals surface area (Å²) < 4.78 is 5.62. The Bertz CT molecular complexity index is 661. The molecule has 0 bridgehead atoms. The number of phenolic OH excluding ortho intramolecular Hbond substituents is 1. The molecule has 20 heavy (non-hydrogen) atoms. The van der Waals surface area contributed by atoms with E-state index < -0.39 is 0 Å². The minimum atomic E-state index is -0.322. The van der Waals surface area contributed by atoms with Crippen LogP contribution in [0, 0.1) is 0 Å². The third kappa shape index (κ3) is 1.86. The van der Waals surface area contributed by atoms with E-state index in [0.29, 0.717) is 6.61 Å². The van der Waals surface area contributed by atoms with E-state index >= 15 is 0 Å². The molecule has 0 radical (unpaired) electrons. The molecule has 1 aliphatic carbocycles. The van der Waals surface area contributed by atoms with Crippen molar-refractivity contribution in [3.05, 3.63) is 47.5 Å². The lowest BCUT2D eigenvalue weighted by Crippen LogP contribution is -1.99. The van der Waals surface area contributed by atoms with E-state index in [4.69, 9.17) is 4.74 Å². The summed E-state index contributed by atoms with van der Waals surface area (Å²) in [4.78, 5) is 11.4. The second-order valence-corrected chi connectivity index (χ2v) is 4.95. The van der Waals surface area contributed by atoms with Crippen molar-refractivity contribution in [2.45, 2.75) is 19.3 Å². The van der Waals surface area contributed by atoms with Crippen LogP contribution in [0.15, 0.2) is 36.4 Å². The fourth-order valence-corrected chi connectivity index (χ4v) is 2.76. The van der Waals surface area contributed by atoms with E-state index in [1.807, 2.05) is 24.3 Å². The van der Waals surface area contributed by atoms with E-state index in [1.165, 1.54) is 0 Å². The maximum Gasteiger partial charge on any atom is 0.131 e. The maximum absolute atomic E-state index is 11.4. The van der Waals surface area contributed by atoms with E-state index in [1.54, 1.807) is 12.1 Å². The first-order valence-electron chi connectivity index (χ1n) is 6.80. The van der Waals surface area contributed by atoms with Crippen LogP contribution in [-0.4, -0.2) is 18.0 Å². The molecule has 0 heterocycles. The molecule has 3 nitrogen and oxygen atoms in total. The summed E-state index contributed by atoms with van der Waals surface area (Å²) >= 11 is 0. The third-order valence-corrected chi connectivity index (χ3v) is 3.65. The number of carbonyl (C=O) groups is 1. The second-order valence-electron chi connectivity index (χ2n) is 4.95. The lowest BCUT2D eigenvalue weighted by atomic mass is 9.98. The predicted octanol–water partition coefficient (Wildman–Crippen LogP) is 3.49. The summed E-state index contributed by atoms with van der Waals surface area (Å²) in [5, 5.41) is 10.1. The van der Waals surface area contributed by atoms with Gasteiger partial charge in [0, 0.05) is 5.56 Å². The summed E-state index contributed by atoms with van der Waals surface area (Å²) in [6, 6.07) is 11.0. The van der Waals surface area contributed by atoms with Crippen molar-refractivity contribution in [1.29, 1.82) is 0 Å². The largest absolute Gasteiger partial charge is 0.507 e. The summed E-state index contributed by atoms with van der Waals surface area (Å²) in [5.41, 5.74) is 3.45. The Morgan fingerprint density at radius 2 is 2.10 bits per heavy atom. The minimum Gasteiger partial charge on any atom is -0.507 e. The van der Waals surface area contributed by atoms with E-state index in [-0.39, 0.29) is 11.7 Å². The molecule has 1 N–H and O–H groups in total. The highest BCUT2D eigenvalue weighted by Gasteiger charge is 2.30. The van der Waals surface area contributed by atoms with Gasteiger partial charge in [-0.05, 0) is 41.3 Å². The Labute approximate surface area is 117 Å². The van der Waals surface area contributed by atoms with Gasteiger partial charge in [0.15, 0.2) is 0 Å². The molecule has 2 aromatic rings. The number of phenols is 1. The topological polar surface area (TPSA) is 46.5 Å². The Balaban J connectivity index is 2.12. The number of fused-ring (bicyclic) bond motifs is 3. The van der Waals surface area contributed by atoms with Gasteiger partial charge in [-0.15, -0.1) is 0 Å². The van der Waals surface area contributed by atoms with Gasteiger partial charge in [0.25, 0.3) is 0 Å². The van der Waals surface area contributed by atoms with Crippen molar-refractivity contribution in [2.24, 2.45) is 0 Å². The van der Waals surface area contributed by atoms with Gasteiger partial charge in [0.2, 0.25) is 0 Å². The zero-order chi connectivity index (χ0) is 14.1. The van der Waals surface area contributed by atoms with Crippen LogP contribution in [-0.2, 0) is 4.79 Å². The first-order chi connectivity index (χ1) is 9.76. The fraction of sp³-hybridized carbons (Fsp3) is 0.235. The second kappa shape index (κ2) is 5.00. The minimum absolute atomic E-state index is 0.218. The predicted molar refractivity (Wildman–Crippen MR) is 77.2 cm³/mol. The highest BCUT2D eigenvalue weighted by atomic mass is 16.5. The Morgan fingerprint density at radius 1 is 1.25 bits per heavy atom. The molecule has 0 aromatic heterocycles. The third-order valence-electron chi connectivity index (χ3n) is 3.65. The SMILES string of the molecule is CCCOc1ccc2c(c1)C(C=O)c1cccc(O)c1-2. The lowest BCUT2D eigenvalue weighted by molar-refractivity contribution is -0.108.